The molecule has 0 unspecified atom stereocenters. The molecule has 0 aliphatic heterocycles. The molecule has 1 aromatic heterocycles. The Bertz CT molecular complexity index is 589. The Hall–Kier alpha value is -2.30. The number of hydrogen-bond acceptors (Lipinski definition) is 3. The van der Waals surface area contributed by atoms with Gasteiger partial charge >= 0.3 is 0 Å². The zero-order chi connectivity index (χ0) is 15.2. The van der Waals surface area contributed by atoms with Gasteiger partial charge in [-0.3, -0.25) is 4.79 Å². The zero-order valence-corrected chi connectivity index (χ0v) is 12.6. The average Bonchev–Trinajstić information content (AvgIpc) is 2.98. The first-order valence-corrected chi connectivity index (χ1v) is 7.36. The molecule has 0 radical (unpaired) electrons. The molecule has 5 heteroatoms. The molecule has 5 nitrogen and oxygen atoms in total. The number of amides is 1. The fourth-order valence-electron chi connectivity index (χ4n) is 2.12. The van der Waals surface area contributed by atoms with Crippen LogP contribution in [0.1, 0.15) is 37.2 Å². The third-order valence-corrected chi connectivity index (χ3v) is 3.42. The van der Waals surface area contributed by atoms with Gasteiger partial charge in [0.15, 0.2) is 5.69 Å². The van der Waals surface area contributed by atoms with E-state index in [0.29, 0.717) is 17.9 Å². The first-order valence-electron chi connectivity index (χ1n) is 7.36. The summed E-state index contributed by atoms with van der Waals surface area (Å²) in [5.74, 6) is -0.0138. The first-order chi connectivity index (χ1) is 10.2. The van der Waals surface area contributed by atoms with Gasteiger partial charge in [0, 0.05) is 25.0 Å². The highest BCUT2D eigenvalue weighted by molar-refractivity contribution is 5.92. The van der Waals surface area contributed by atoms with Crippen LogP contribution in [0.5, 0.6) is 0 Å². The fraction of sp³-hybridized carbons (Fsp3) is 0.375. The molecule has 112 valence electrons. The van der Waals surface area contributed by atoms with E-state index in [1.54, 1.807) is 16.9 Å². The van der Waals surface area contributed by atoms with Crippen molar-refractivity contribution in [3.63, 3.8) is 0 Å². The molecule has 0 aliphatic rings. The molecule has 21 heavy (non-hydrogen) atoms. The van der Waals surface area contributed by atoms with Crippen LogP contribution in [-0.4, -0.2) is 33.7 Å². The minimum Gasteiger partial charge on any atom is -0.399 e. The number of unbranched alkanes of at least 4 members (excludes halogenated alkanes) is 1. The lowest BCUT2D eigenvalue weighted by Gasteiger charge is -2.19. The summed E-state index contributed by atoms with van der Waals surface area (Å²) in [7, 11) is 0. The summed E-state index contributed by atoms with van der Waals surface area (Å²) in [6.45, 7) is 5.59. The maximum Gasteiger partial charge on any atom is 0.274 e. The molecule has 0 bridgehead atoms. The number of carbonyl (C=O) groups is 1. The lowest BCUT2D eigenvalue weighted by Crippen LogP contribution is -2.32. The van der Waals surface area contributed by atoms with E-state index in [2.05, 4.69) is 12.0 Å². The highest BCUT2D eigenvalue weighted by Crippen LogP contribution is 2.12. The Balaban J connectivity index is 2.14. The Labute approximate surface area is 125 Å². The normalized spacial score (nSPS) is 10.6. The van der Waals surface area contributed by atoms with Crippen LogP contribution in [0, 0.1) is 0 Å². The molecule has 1 aromatic carbocycles. The predicted molar refractivity (Wildman–Crippen MR) is 84.5 cm³/mol. The highest BCUT2D eigenvalue weighted by Gasteiger charge is 2.16. The molecule has 2 aromatic rings. The van der Waals surface area contributed by atoms with Gasteiger partial charge in [0.1, 0.15) is 0 Å². The lowest BCUT2D eigenvalue weighted by molar-refractivity contribution is 0.0756. The molecule has 1 heterocycles. The average molecular weight is 286 g/mol. The summed E-state index contributed by atoms with van der Waals surface area (Å²) in [5.41, 5.74) is 7.74. The molecule has 0 aliphatic carbocycles. The van der Waals surface area contributed by atoms with E-state index >= 15 is 0 Å². The monoisotopic (exact) mass is 286 g/mol. The number of nitrogens with two attached hydrogens (primary N) is 1. The first kappa shape index (κ1) is 15.1. The number of rotatable bonds is 6. The van der Waals surface area contributed by atoms with Crippen molar-refractivity contribution in [3.05, 3.63) is 42.2 Å². The largest absolute Gasteiger partial charge is 0.399 e. The topological polar surface area (TPSA) is 64.2 Å². The third kappa shape index (κ3) is 3.62. The smallest absolute Gasteiger partial charge is 0.274 e. The summed E-state index contributed by atoms with van der Waals surface area (Å²) >= 11 is 0. The van der Waals surface area contributed by atoms with Gasteiger partial charge in [-0.05, 0) is 43.7 Å². The van der Waals surface area contributed by atoms with E-state index < -0.39 is 0 Å². The summed E-state index contributed by atoms with van der Waals surface area (Å²) in [5, 5.41) is 4.37. The summed E-state index contributed by atoms with van der Waals surface area (Å²) in [6.07, 6.45) is 3.88. The number of nitrogens with zero attached hydrogens (tertiary/aromatic N) is 3. The van der Waals surface area contributed by atoms with Crippen LogP contribution >= 0.6 is 0 Å². The Morgan fingerprint density at radius 1 is 1.24 bits per heavy atom. The number of nitrogen functional groups attached to an aromatic ring is 1. The van der Waals surface area contributed by atoms with Crippen molar-refractivity contribution < 1.29 is 4.79 Å². The van der Waals surface area contributed by atoms with Crippen LogP contribution in [0.25, 0.3) is 5.69 Å². The maximum absolute atomic E-state index is 12.4. The van der Waals surface area contributed by atoms with E-state index in [9.17, 15) is 4.79 Å². The highest BCUT2D eigenvalue weighted by atomic mass is 16.2. The van der Waals surface area contributed by atoms with E-state index in [1.807, 2.05) is 36.1 Å². The van der Waals surface area contributed by atoms with E-state index in [4.69, 9.17) is 5.73 Å². The van der Waals surface area contributed by atoms with Gasteiger partial charge in [0.25, 0.3) is 5.91 Å². The number of hydrogen-bond donors (Lipinski definition) is 1. The van der Waals surface area contributed by atoms with Gasteiger partial charge in [-0.2, -0.15) is 5.10 Å². The van der Waals surface area contributed by atoms with E-state index in [-0.39, 0.29) is 5.91 Å². The predicted octanol–water partition coefficient (Wildman–Crippen LogP) is 2.72. The lowest BCUT2D eigenvalue weighted by atomic mass is 10.3. The van der Waals surface area contributed by atoms with Crippen molar-refractivity contribution in [2.45, 2.75) is 26.7 Å². The second-order valence-corrected chi connectivity index (χ2v) is 4.98. The molecule has 0 saturated heterocycles. The van der Waals surface area contributed by atoms with Gasteiger partial charge in [-0.15, -0.1) is 0 Å². The van der Waals surface area contributed by atoms with Gasteiger partial charge in [0.2, 0.25) is 0 Å². The second kappa shape index (κ2) is 6.92. The number of carbonyl (C=O) groups excluding carboxylic acids is 1. The Kier molecular flexibility index (Phi) is 4.98. The van der Waals surface area contributed by atoms with Gasteiger partial charge in [0.05, 0.1) is 5.69 Å². The zero-order valence-electron chi connectivity index (χ0n) is 12.6. The molecular formula is C16H22N4O. The van der Waals surface area contributed by atoms with Crippen molar-refractivity contribution in [1.82, 2.24) is 14.7 Å². The Morgan fingerprint density at radius 3 is 2.57 bits per heavy atom. The van der Waals surface area contributed by atoms with Crippen molar-refractivity contribution in [2.75, 3.05) is 18.8 Å². The summed E-state index contributed by atoms with van der Waals surface area (Å²) < 4.78 is 1.69. The van der Waals surface area contributed by atoms with Crippen LogP contribution in [0.15, 0.2) is 36.5 Å². The molecule has 1 amide bonds. The van der Waals surface area contributed by atoms with Gasteiger partial charge in [-0.25, -0.2) is 4.68 Å². The summed E-state index contributed by atoms with van der Waals surface area (Å²) in [4.78, 5) is 14.2. The van der Waals surface area contributed by atoms with Crippen molar-refractivity contribution in [1.29, 1.82) is 0 Å². The second-order valence-electron chi connectivity index (χ2n) is 4.98. The van der Waals surface area contributed by atoms with Crippen molar-refractivity contribution >= 4 is 11.6 Å². The third-order valence-electron chi connectivity index (χ3n) is 3.42. The van der Waals surface area contributed by atoms with Crippen LogP contribution in [0.3, 0.4) is 0 Å². The van der Waals surface area contributed by atoms with Crippen LogP contribution in [0.4, 0.5) is 5.69 Å². The number of aromatic nitrogens is 2. The minimum atomic E-state index is -0.0138. The quantitative estimate of drug-likeness (QED) is 0.830. The number of anilines is 1. The molecule has 2 rings (SSSR count). The van der Waals surface area contributed by atoms with Crippen molar-refractivity contribution in [2.24, 2.45) is 0 Å². The Morgan fingerprint density at radius 2 is 1.95 bits per heavy atom. The van der Waals surface area contributed by atoms with Crippen LogP contribution in [-0.2, 0) is 0 Å². The van der Waals surface area contributed by atoms with Gasteiger partial charge < -0.3 is 10.6 Å². The molecule has 2 N–H and O–H groups in total. The minimum absolute atomic E-state index is 0.0138. The maximum atomic E-state index is 12.4. The number of benzene rings is 1. The molecular weight excluding hydrogens is 264 g/mol. The molecule has 0 spiro atoms. The standard InChI is InChI=1S/C16H22N4O/c1-3-5-11-19(4-2)16(21)15-10-12-20(18-15)14-8-6-13(17)7-9-14/h6-10,12H,3-5,11,17H2,1-2H3. The van der Waals surface area contributed by atoms with Crippen LogP contribution in [0.2, 0.25) is 0 Å². The molecule has 0 atom stereocenters. The fourth-order valence-corrected chi connectivity index (χ4v) is 2.12. The SMILES string of the molecule is CCCCN(CC)C(=O)c1ccn(-c2ccc(N)cc2)n1. The van der Waals surface area contributed by atoms with Crippen LogP contribution < -0.4 is 5.73 Å². The van der Waals surface area contributed by atoms with Crippen molar-refractivity contribution in [3.8, 4) is 5.69 Å². The van der Waals surface area contributed by atoms with E-state index in [0.717, 1.165) is 25.1 Å². The molecule has 0 saturated carbocycles. The van der Waals surface area contributed by atoms with E-state index in [1.165, 1.54) is 0 Å². The molecule has 0 fully saturated rings. The van der Waals surface area contributed by atoms with Gasteiger partial charge in [-0.1, -0.05) is 13.3 Å². The summed E-state index contributed by atoms with van der Waals surface area (Å²) in [6, 6.07) is 9.15.